The Morgan fingerprint density at radius 1 is 0.505 bits per heavy atom. The number of rotatable bonds is 19. The SMILES string of the molecule is NC1=Nc2ccc(C(=O)c3ccc(F)cc3)cc2C1.O=C(c1ccc(F)cc1)c1ccc2c(c1)CC(CC1OC(CO)C(O)C(O)C1O)=N2.O=C(c1ccc(F)cc1)c1ccc2c(c1)CC(N=CC(O)C(O)C(O)C(O)CO)=N2.O=CC(O)C(O)C(O)C(O)CO. The molecule has 4 aliphatic rings. The predicted molar refractivity (Wildman–Crippen MR) is 321 cm³/mol. The van der Waals surface area contributed by atoms with Gasteiger partial charge in [0.05, 0.1) is 43.0 Å². The molecule has 13 unspecified atom stereocenters. The number of amidine groups is 2. The number of nitrogens with zero attached hydrogens (tertiary/aromatic N) is 4. The zero-order valence-corrected chi connectivity index (χ0v) is 48.0. The number of aliphatic hydroxyl groups excluding tert-OH is 14. The Kier molecular flexibility index (Phi) is 24.7. The number of carbonyl (C=O) groups is 4. The average molecular weight is 1270 g/mol. The van der Waals surface area contributed by atoms with E-state index in [1.165, 1.54) is 72.8 Å². The van der Waals surface area contributed by atoms with Crippen LogP contribution in [0.5, 0.6) is 0 Å². The van der Waals surface area contributed by atoms with Crippen LogP contribution in [0, 0.1) is 17.5 Å². The van der Waals surface area contributed by atoms with E-state index in [4.69, 9.17) is 41.1 Å². The van der Waals surface area contributed by atoms with Crippen molar-refractivity contribution in [3.05, 3.63) is 195 Å². The van der Waals surface area contributed by atoms with Gasteiger partial charge in [0.1, 0.15) is 102 Å². The predicted octanol–water partition coefficient (Wildman–Crippen LogP) is 0.290. The minimum atomic E-state index is -1.79. The van der Waals surface area contributed by atoms with Crippen molar-refractivity contribution in [3.8, 4) is 0 Å². The number of hydrogen-bond acceptors (Lipinski definition) is 24. The van der Waals surface area contributed by atoms with Gasteiger partial charge in [0.25, 0.3) is 0 Å². The lowest BCUT2D eigenvalue weighted by molar-refractivity contribution is -0.227. The van der Waals surface area contributed by atoms with E-state index in [-0.39, 0.29) is 42.3 Å². The maximum Gasteiger partial charge on any atom is 0.193 e. The molecule has 1 saturated heterocycles. The normalized spacial score (nSPS) is 20.5. The Labute approximate surface area is 516 Å². The third kappa shape index (κ3) is 18.0. The second kappa shape index (κ2) is 32.1. The van der Waals surface area contributed by atoms with Gasteiger partial charge in [-0.2, -0.15) is 0 Å². The van der Waals surface area contributed by atoms with Gasteiger partial charge in [0, 0.05) is 71.0 Å². The number of benzene rings is 6. The first-order valence-electron chi connectivity index (χ1n) is 28.1. The van der Waals surface area contributed by atoms with Crippen molar-refractivity contribution in [2.75, 3.05) is 19.8 Å². The summed E-state index contributed by atoms with van der Waals surface area (Å²) < 4.78 is 44.5. The third-order valence-electron chi connectivity index (χ3n) is 14.8. The highest BCUT2D eigenvalue weighted by Gasteiger charge is 2.44. The van der Waals surface area contributed by atoms with Crippen molar-refractivity contribution in [3.63, 3.8) is 0 Å². The lowest BCUT2D eigenvalue weighted by Gasteiger charge is -2.40. The van der Waals surface area contributed by atoms with Gasteiger partial charge in [-0.05, 0) is 144 Å². The van der Waals surface area contributed by atoms with Crippen LogP contribution in [0.2, 0.25) is 0 Å². The molecule has 0 radical (unpaired) electrons. The van der Waals surface area contributed by atoms with Gasteiger partial charge < -0.3 is 86.8 Å². The lowest BCUT2D eigenvalue weighted by atomic mass is 9.91. The van der Waals surface area contributed by atoms with E-state index in [0.717, 1.165) is 28.6 Å². The fourth-order valence-electron chi connectivity index (χ4n) is 9.58. The van der Waals surface area contributed by atoms with Gasteiger partial charge in [0.15, 0.2) is 23.6 Å². The Bertz CT molecular complexity index is 3650. The summed E-state index contributed by atoms with van der Waals surface area (Å²) in [5.74, 6) is -0.931. The molecule has 1 fully saturated rings. The maximum atomic E-state index is 13.1. The average Bonchev–Trinajstić information content (AvgIpc) is 1.97. The first-order valence-corrected chi connectivity index (χ1v) is 28.1. The number of aliphatic hydroxyl groups is 14. The Hall–Kier alpha value is -8.33. The Morgan fingerprint density at radius 2 is 0.890 bits per heavy atom. The highest BCUT2D eigenvalue weighted by Crippen LogP contribution is 2.33. The zero-order valence-electron chi connectivity index (χ0n) is 48.0. The number of fused-ring (bicyclic) bond motifs is 3. The number of hydrogen-bond donors (Lipinski definition) is 15. The van der Waals surface area contributed by atoms with E-state index in [2.05, 4.69) is 20.0 Å². The van der Waals surface area contributed by atoms with Crippen molar-refractivity contribution in [1.82, 2.24) is 0 Å². The Morgan fingerprint density at radius 3 is 1.32 bits per heavy atom. The first-order chi connectivity index (χ1) is 43.3. The van der Waals surface area contributed by atoms with Gasteiger partial charge in [-0.1, -0.05) is 0 Å². The summed E-state index contributed by atoms with van der Waals surface area (Å²) in [6, 6.07) is 31.5. The van der Waals surface area contributed by atoms with Crippen molar-refractivity contribution >= 4 is 64.3 Å². The monoisotopic (exact) mass is 1270 g/mol. The largest absolute Gasteiger partial charge is 0.394 e. The van der Waals surface area contributed by atoms with E-state index in [1.807, 2.05) is 0 Å². The van der Waals surface area contributed by atoms with Crippen LogP contribution in [0.15, 0.2) is 147 Å². The standard InChI is InChI=1S/C22H22FNO6.C21H21FN2O6.C15H11FN2O.C6H12O6/c23-14-4-1-11(2-5-14)19(26)12-3-6-16-13(7-12)8-15(24-16)9-17-20(27)22(29)21(28)18(10-25)30-17;22-14-4-1-11(2-5-14)19(28)12-3-6-15-13(7-12)8-18(24-15)23-9-16(26)20(29)21(30)17(27)10-25;16-12-4-1-9(2-5-12)15(19)10-3-6-13-11(7-10)8-14(17)18-13;7-1-3(9)5(11)6(12)4(10)2-8/h1-7,17-18,20-22,25,27-29H,8-10H2;1-7,9,16-17,20-21,25-27,29-30H,8,10H2;1-7H,8H2,(H2,17,18);1,3-6,8-12H,2H2. The molecule has 6 aromatic rings. The minimum Gasteiger partial charge on any atom is -0.394 e. The van der Waals surface area contributed by atoms with Gasteiger partial charge in [-0.3, -0.25) is 19.4 Å². The number of ether oxygens (including phenoxy) is 1. The molecule has 6 aromatic carbocycles. The molecule has 482 valence electrons. The lowest BCUT2D eigenvalue weighted by Crippen LogP contribution is -2.58. The number of aliphatic imine (C=N–C) groups is 4. The second-order valence-electron chi connectivity index (χ2n) is 21.3. The van der Waals surface area contributed by atoms with Gasteiger partial charge in [-0.15, -0.1) is 0 Å². The van der Waals surface area contributed by atoms with E-state index in [0.29, 0.717) is 75.0 Å². The first kappa shape index (κ1) is 70.1. The van der Waals surface area contributed by atoms with Crippen LogP contribution in [-0.2, 0) is 28.8 Å². The molecule has 0 saturated carbocycles. The van der Waals surface area contributed by atoms with Crippen LogP contribution < -0.4 is 5.73 Å². The van der Waals surface area contributed by atoms with E-state index in [1.54, 1.807) is 54.6 Å². The van der Waals surface area contributed by atoms with Crippen LogP contribution in [0.3, 0.4) is 0 Å². The highest BCUT2D eigenvalue weighted by atomic mass is 19.1. The van der Waals surface area contributed by atoms with Crippen LogP contribution >= 0.6 is 0 Å². The third-order valence-corrected chi connectivity index (χ3v) is 14.8. The summed E-state index contributed by atoms with van der Waals surface area (Å²) >= 11 is 0. The number of carbonyl (C=O) groups excluding carboxylic acids is 4. The van der Waals surface area contributed by atoms with Crippen molar-refractivity contribution in [1.29, 1.82) is 0 Å². The van der Waals surface area contributed by atoms with Crippen molar-refractivity contribution < 1.29 is 109 Å². The van der Waals surface area contributed by atoms with Crippen LogP contribution in [0.1, 0.15) is 70.9 Å². The molecule has 27 heteroatoms. The summed E-state index contributed by atoms with van der Waals surface area (Å²) in [5.41, 5.74) is 13.6. The molecular formula is C64H66F3N5O19. The molecule has 0 bridgehead atoms. The summed E-state index contributed by atoms with van der Waals surface area (Å²) in [6.45, 7) is -2.02. The summed E-state index contributed by atoms with van der Waals surface area (Å²) in [7, 11) is 0. The van der Waals surface area contributed by atoms with Gasteiger partial charge >= 0.3 is 0 Å². The molecule has 91 heavy (non-hydrogen) atoms. The molecule has 10 rings (SSSR count). The van der Waals surface area contributed by atoms with E-state index in [9.17, 15) is 73.2 Å². The van der Waals surface area contributed by atoms with Crippen molar-refractivity contribution in [2.45, 2.75) is 105 Å². The van der Waals surface area contributed by atoms with E-state index >= 15 is 0 Å². The number of aldehydes is 1. The molecule has 16 N–H and O–H groups in total. The summed E-state index contributed by atoms with van der Waals surface area (Å²) in [4.78, 5) is 64.3. The topological polar surface area (TPSA) is 436 Å². The van der Waals surface area contributed by atoms with E-state index < -0.39 is 111 Å². The Balaban J connectivity index is 0.000000181. The van der Waals surface area contributed by atoms with Gasteiger partial charge in [-0.25, -0.2) is 28.1 Å². The van der Waals surface area contributed by atoms with Gasteiger partial charge in [0.2, 0.25) is 0 Å². The molecule has 0 amide bonds. The number of ketones is 3. The molecule has 4 aliphatic heterocycles. The molecule has 0 spiro atoms. The molecule has 0 aliphatic carbocycles. The fourth-order valence-corrected chi connectivity index (χ4v) is 9.58. The summed E-state index contributed by atoms with van der Waals surface area (Å²) in [5, 5.41) is 130. The van der Waals surface area contributed by atoms with Crippen LogP contribution in [0.4, 0.5) is 30.2 Å². The van der Waals surface area contributed by atoms with Crippen LogP contribution in [0.25, 0.3) is 0 Å². The summed E-state index contributed by atoms with van der Waals surface area (Å²) in [6.07, 6.45) is -17.0. The smallest absolute Gasteiger partial charge is 0.193 e. The zero-order chi connectivity index (χ0) is 66.4. The fraction of sp³-hybridized carbons (Fsp3) is 0.312. The molecule has 0 aromatic heterocycles. The molecule has 4 heterocycles. The number of halogens is 3. The highest BCUT2D eigenvalue weighted by molar-refractivity contribution is 6.11. The number of nitrogens with two attached hydrogens (primary N) is 1. The molecule has 24 nitrogen and oxygen atoms in total. The minimum absolute atomic E-state index is 0.0258. The van der Waals surface area contributed by atoms with Crippen LogP contribution in [-0.4, -0.2) is 218 Å². The quantitative estimate of drug-likeness (QED) is 0.0294. The molecule has 13 atom stereocenters. The molecular weight excluding hydrogens is 1200 g/mol. The van der Waals surface area contributed by atoms with Crippen molar-refractivity contribution in [2.24, 2.45) is 25.7 Å². The second-order valence-corrected chi connectivity index (χ2v) is 21.3. The maximum absolute atomic E-state index is 13.1.